The van der Waals surface area contributed by atoms with Gasteiger partial charge < -0.3 is 18.9 Å². The highest BCUT2D eigenvalue weighted by atomic mass is 31.2. The van der Waals surface area contributed by atoms with Gasteiger partial charge in [-0.3, -0.25) is 18.6 Å². The van der Waals surface area contributed by atoms with Gasteiger partial charge in [0.05, 0.1) is 27.7 Å². The molecule has 0 aliphatic heterocycles. The molecule has 2 unspecified atom stereocenters. The molecule has 0 rings (SSSR count). The van der Waals surface area contributed by atoms with Gasteiger partial charge in [-0.05, 0) is 12.8 Å². The first kappa shape index (κ1) is 77.0. The van der Waals surface area contributed by atoms with Gasteiger partial charge in [-0.2, -0.15) is 0 Å². The van der Waals surface area contributed by atoms with Crippen LogP contribution in [0.3, 0.4) is 0 Å². The summed E-state index contributed by atoms with van der Waals surface area (Å²) in [7, 11) is 1.51. The van der Waals surface area contributed by atoms with E-state index in [4.69, 9.17) is 18.5 Å². The molecule has 0 amide bonds. The second-order valence-corrected chi connectivity index (χ2v) is 26.7. The molecule has 78 heavy (non-hydrogen) atoms. The third-order valence-corrected chi connectivity index (χ3v) is 17.1. The van der Waals surface area contributed by atoms with Crippen LogP contribution in [0.15, 0.2) is 0 Å². The van der Waals surface area contributed by atoms with E-state index in [0.29, 0.717) is 17.4 Å². The molecule has 10 heteroatoms. The van der Waals surface area contributed by atoms with E-state index in [1.807, 2.05) is 21.1 Å². The summed E-state index contributed by atoms with van der Waals surface area (Å²) < 4.78 is 34.7. The van der Waals surface area contributed by atoms with Crippen LogP contribution in [0.1, 0.15) is 373 Å². The fourth-order valence-electron chi connectivity index (χ4n) is 10.8. The first-order chi connectivity index (χ1) is 38.0. The summed E-state index contributed by atoms with van der Waals surface area (Å²) in [5.74, 6) is -0.769. The minimum Gasteiger partial charge on any atom is -0.462 e. The molecule has 0 radical (unpaired) electrons. The van der Waals surface area contributed by atoms with Crippen LogP contribution in [0, 0.1) is 0 Å². The van der Waals surface area contributed by atoms with E-state index in [9.17, 15) is 19.0 Å². The van der Waals surface area contributed by atoms with Crippen LogP contribution in [0.5, 0.6) is 0 Å². The van der Waals surface area contributed by atoms with E-state index in [1.165, 1.54) is 308 Å². The molecular formula is C68H137NO8P+. The Kier molecular flexibility index (Phi) is 59.8. The maximum absolute atomic E-state index is 12.9. The number of nitrogens with zero attached hydrogens (tertiary/aromatic N) is 1. The number of phosphoric ester groups is 1. The lowest BCUT2D eigenvalue weighted by atomic mass is 10.0. The predicted octanol–water partition coefficient (Wildman–Crippen LogP) is 22.2. The normalized spacial score (nSPS) is 13.1. The third kappa shape index (κ3) is 64.2. The van der Waals surface area contributed by atoms with Crippen molar-refractivity contribution in [1.29, 1.82) is 0 Å². The number of quaternary nitrogens is 1. The Hall–Kier alpha value is -0.990. The van der Waals surface area contributed by atoms with Gasteiger partial charge in [0.25, 0.3) is 0 Å². The molecular weight excluding hydrogens is 990 g/mol. The van der Waals surface area contributed by atoms with Crippen molar-refractivity contribution in [2.24, 2.45) is 0 Å². The first-order valence-electron chi connectivity index (χ1n) is 34.8. The summed E-state index contributed by atoms with van der Waals surface area (Å²) in [4.78, 5) is 35.8. The first-order valence-corrected chi connectivity index (χ1v) is 36.3. The van der Waals surface area contributed by atoms with Gasteiger partial charge in [-0.1, -0.05) is 348 Å². The van der Waals surface area contributed by atoms with Crippen LogP contribution < -0.4 is 0 Å². The van der Waals surface area contributed by atoms with Gasteiger partial charge >= 0.3 is 19.8 Å². The number of ether oxygens (including phenoxy) is 2. The topological polar surface area (TPSA) is 108 Å². The Morgan fingerprint density at radius 2 is 0.577 bits per heavy atom. The second-order valence-electron chi connectivity index (χ2n) is 25.3. The summed E-state index contributed by atoms with van der Waals surface area (Å²) in [6, 6.07) is 0. The van der Waals surface area contributed by atoms with Crippen molar-refractivity contribution in [3.8, 4) is 0 Å². The number of carbonyl (C=O) groups excluding carboxylic acids is 2. The quantitative estimate of drug-likeness (QED) is 0.0278. The summed E-state index contributed by atoms with van der Waals surface area (Å²) in [6.45, 7) is 4.53. The summed E-state index contributed by atoms with van der Waals surface area (Å²) in [5, 5.41) is 0. The predicted molar refractivity (Wildman–Crippen MR) is 335 cm³/mol. The molecule has 0 aliphatic carbocycles. The van der Waals surface area contributed by atoms with Gasteiger partial charge in [0.15, 0.2) is 6.10 Å². The molecule has 0 saturated heterocycles. The van der Waals surface area contributed by atoms with Crippen molar-refractivity contribution in [2.45, 2.75) is 380 Å². The van der Waals surface area contributed by atoms with E-state index in [0.717, 1.165) is 38.5 Å². The van der Waals surface area contributed by atoms with Crippen LogP contribution in [-0.4, -0.2) is 74.9 Å². The monoisotopic (exact) mass is 1130 g/mol. The lowest BCUT2D eigenvalue weighted by Gasteiger charge is -2.24. The fourth-order valence-corrected chi connectivity index (χ4v) is 11.5. The summed E-state index contributed by atoms with van der Waals surface area (Å²) >= 11 is 0. The SMILES string of the molecule is CCCCCCCCCCCCCCCCCCCCCCCCCCCCCCCCCCCCC(=O)OC(COC(=O)CCCCCCCCCCCCCCCCCCCCCC)COP(=O)(O)OCC[N+](C)(C)C. The number of esters is 2. The van der Waals surface area contributed by atoms with Crippen LogP contribution in [-0.2, 0) is 32.7 Å². The number of hydrogen-bond acceptors (Lipinski definition) is 7. The molecule has 0 heterocycles. The molecule has 466 valence electrons. The minimum atomic E-state index is -4.38. The van der Waals surface area contributed by atoms with E-state index in [-0.39, 0.29) is 25.6 Å². The summed E-state index contributed by atoms with van der Waals surface area (Å²) in [6.07, 6.45) is 72.2. The Morgan fingerprint density at radius 3 is 0.821 bits per heavy atom. The molecule has 0 saturated carbocycles. The Balaban J connectivity index is 3.93. The van der Waals surface area contributed by atoms with E-state index < -0.39 is 26.5 Å². The Morgan fingerprint density at radius 1 is 0.346 bits per heavy atom. The lowest BCUT2D eigenvalue weighted by Crippen LogP contribution is -2.37. The fraction of sp³-hybridized carbons (Fsp3) is 0.971. The van der Waals surface area contributed by atoms with Crippen LogP contribution in [0.25, 0.3) is 0 Å². The summed E-state index contributed by atoms with van der Waals surface area (Å²) in [5.41, 5.74) is 0. The van der Waals surface area contributed by atoms with Gasteiger partial charge in [0.2, 0.25) is 0 Å². The average Bonchev–Trinajstić information content (AvgIpc) is 3.40. The zero-order valence-electron chi connectivity index (χ0n) is 53.2. The number of hydrogen-bond donors (Lipinski definition) is 1. The highest BCUT2D eigenvalue weighted by Gasteiger charge is 2.27. The maximum Gasteiger partial charge on any atom is 0.472 e. The number of carbonyl (C=O) groups is 2. The molecule has 0 bridgehead atoms. The number of rotatable bonds is 66. The lowest BCUT2D eigenvalue weighted by molar-refractivity contribution is -0.870. The van der Waals surface area contributed by atoms with Crippen molar-refractivity contribution in [3.63, 3.8) is 0 Å². The molecule has 0 aliphatic rings. The highest BCUT2D eigenvalue weighted by Crippen LogP contribution is 2.43. The van der Waals surface area contributed by atoms with E-state index in [1.54, 1.807) is 0 Å². The second kappa shape index (κ2) is 60.6. The van der Waals surface area contributed by atoms with Crippen LogP contribution in [0.4, 0.5) is 0 Å². The maximum atomic E-state index is 12.9. The molecule has 9 nitrogen and oxygen atoms in total. The zero-order valence-corrected chi connectivity index (χ0v) is 54.1. The smallest absolute Gasteiger partial charge is 0.462 e. The van der Waals surface area contributed by atoms with Gasteiger partial charge in [-0.15, -0.1) is 0 Å². The van der Waals surface area contributed by atoms with Crippen molar-refractivity contribution in [3.05, 3.63) is 0 Å². The van der Waals surface area contributed by atoms with Crippen molar-refractivity contribution in [1.82, 2.24) is 0 Å². The Labute approximate surface area is 486 Å². The van der Waals surface area contributed by atoms with E-state index in [2.05, 4.69) is 13.8 Å². The molecule has 1 N–H and O–H groups in total. The molecule has 0 aromatic heterocycles. The largest absolute Gasteiger partial charge is 0.472 e. The van der Waals surface area contributed by atoms with Crippen molar-refractivity contribution < 1.29 is 42.1 Å². The number of phosphoric acid groups is 1. The van der Waals surface area contributed by atoms with Crippen molar-refractivity contribution >= 4 is 19.8 Å². The average molecular weight is 1130 g/mol. The third-order valence-electron chi connectivity index (χ3n) is 16.1. The van der Waals surface area contributed by atoms with Crippen LogP contribution in [0.2, 0.25) is 0 Å². The number of likely N-dealkylation sites (N-methyl/N-ethyl adjacent to an activating group) is 1. The highest BCUT2D eigenvalue weighted by molar-refractivity contribution is 7.47. The molecule has 2 atom stereocenters. The van der Waals surface area contributed by atoms with Gasteiger partial charge in [0, 0.05) is 12.8 Å². The van der Waals surface area contributed by atoms with Gasteiger partial charge in [0.1, 0.15) is 19.8 Å². The van der Waals surface area contributed by atoms with Crippen molar-refractivity contribution in [2.75, 3.05) is 47.5 Å². The van der Waals surface area contributed by atoms with Crippen LogP contribution >= 0.6 is 7.82 Å². The zero-order chi connectivity index (χ0) is 57.0. The Bertz CT molecular complexity index is 1280. The molecule has 0 spiro atoms. The molecule has 0 aromatic rings. The number of unbranched alkanes of at least 4 members (excludes halogenated alkanes) is 52. The van der Waals surface area contributed by atoms with Gasteiger partial charge in [-0.25, -0.2) is 4.57 Å². The van der Waals surface area contributed by atoms with E-state index >= 15 is 0 Å². The molecule has 0 aromatic carbocycles. The minimum absolute atomic E-state index is 0.0376. The standard InChI is InChI=1S/C68H136NO8P/c1-6-8-10-12-14-16-18-20-22-24-26-28-29-30-31-32-33-34-35-36-37-38-39-40-41-43-45-47-49-51-53-55-57-59-61-68(71)77-66(65-76-78(72,73)75-63-62-69(3,4)5)64-74-67(70)60-58-56-54-52-50-48-46-44-42-27-25-23-21-19-17-15-13-11-9-7-2/h66H,6-65H2,1-5H3/p+1. The molecule has 0 fully saturated rings.